The van der Waals surface area contributed by atoms with Crippen molar-refractivity contribution in [3.05, 3.63) is 36.2 Å². The smallest absolute Gasteiger partial charge is 0.258 e. The van der Waals surface area contributed by atoms with Crippen LogP contribution in [0.25, 0.3) is 11.5 Å². The lowest BCUT2D eigenvalue weighted by Crippen LogP contribution is -2.46. The number of rotatable bonds is 3. The van der Waals surface area contributed by atoms with Gasteiger partial charge in [-0.05, 0) is 25.0 Å². The van der Waals surface area contributed by atoms with Crippen molar-refractivity contribution in [1.82, 2.24) is 15.0 Å². The number of amides is 1. The third-order valence-corrected chi connectivity index (χ3v) is 4.58. The fourth-order valence-electron chi connectivity index (χ4n) is 2.98. The molecule has 2 heterocycles. The molecule has 1 aromatic heterocycles. The van der Waals surface area contributed by atoms with E-state index < -0.39 is 0 Å². The Bertz CT molecular complexity index is 681. The molecule has 0 N–H and O–H groups in total. The highest BCUT2D eigenvalue weighted by Crippen LogP contribution is 2.30. The number of hydrogen-bond acceptors (Lipinski definition) is 5. The second-order valence-electron chi connectivity index (χ2n) is 6.10. The van der Waals surface area contributed by atoms with Crippen LogP contribution in [0.15, 0.2) is 34.9 Å². The minimum atomic E-state index is -0.311. The topological polar surface area (TPSA) is 68.5 Å². The van der Waals surface area contributed by atoms with Crippen LogP contribution in [0, 0.1) is 5.92 Å². The standard InChI is InChI=1S/C17H19N3O3/c21-17(13-7-4-8-13)20-9-10-22-14(11-20)15-18-16(23-19-15)12-5-2-1-3-6-12/h1-3,5-6,13-14H,4,7-11H2/t14-/m1/s1. The molecule has 1 atom stereocenters. The lowest BCUT2D eigenvalue weighted by molar-refractivity contribution is -0.146. The number of ether oxygens (including phenoxy) is 1. The van der Waals surface area contributed by atoms with E-state index >= 15 is 0 Å². The van der Waals surface area contributed by atoms with Gasteiger partial charge in [-0.2, -0.15) is 4.98 Å². The Morgan fingerprint density at radius 3 is 2.78 bits per heavy atom. The monoisotopic (exact) mass is 313 g/mol. The number of carbonyl (C=O) groups is 1. The van der Waals surface area contributed by atoms with Gasteiger partial charge in [0.15, 0.2) is 0 Å². The van der Waals surface area contributed by atoms with E-state index in [1.165, 1.54) is 0 Å². The zero-order valence-electron chi connectivity index (χ0n) is 12.9. The number of benzene rings is 1. The summed E-state index contributed by atoms with van der Waals surface area (Å²) in [5.41, 5.74) is 0.879. The normalized spacial score (nSPS) is 21.9. The molecule has 1 saturated heterocycles. The quantitative estimate of drug-likeness (QED) is 0.870. The van der Waals surface area contributed by atoms with Gasteiger partial charge in [0.05, 0.1) is 13.2 Å². The Morgan fingerprint density at radius 1 is 1.22 bits per heavy atom. The minimum absolute atomic E-state index is 0.207. The average molecular weight is 313 g/mol. The summed E-state index contributed by atoms with van der Waals surface area (Å²) >= 11 is 0. The molecule has 0 radical (unpaired) electrons. The van der Waals surface area contributed by atoms with E-state index in [0.29, 0.717) is 31.4 Å². The first kappa shape index (κ1) is 14.4. The molecule has 0 unspecified atom stereocenters. The van der Waals surface area contributed by atoms with E-state index in [-0.39, 0.29) is 17.9 Å². The van der Waals surface area contributed by atoms with E-state index in [4.69, 9.17) is 9.26 Å². The highest BCUT2D eigenvalue weighted by molar-refractivity contribution is 5.79. The first-order chi connectivity index (χ1) is 11.3. The van der Waals surface area contributed by atoms with Crippen molar-refractivity contribution in [1.29, 1.82) is 0 Å². The van der Waals surface area contributed by atoms with Crippen LogP contribution < -0.4 is 0 Å². The van der Waals surface area contributed by atoms with Crippen molar-refractivity contribution in [3.8, 4) is 11.5 Å². The molecule has 1 aromatic carbocycles. The number of hydrogen-bond donors (Lipinski definition) is 0. The summed E-state index contributed by atoms with van der Waals surface area (Å²) in [6.07, 6.45) is 2.88. The summed E-state index contributed by atoms with van der Waals surface area (Å²) in [6, 6.07) is 9.64. The summed E-state index contributed by atoms with van der Waals surface area (Å²) in [5, 5.41) is 4.04. The predicted molar refractivity (Wildman–Crippen MR) is 82.3 cm³/mol. The maximum absolute atomic E-state index is 12.4. The van der Waals surface area contributed by atoms with E-state index in [1.54, 1.807) is 0 Å². The van der Waals surface area contributed by atoms with Gasteiger partial charge in [-0.25, -0.2) is 0 Å². The van der Waals surface area contributed by atoms with Gasteiger partial charge in [0, 0.05) is 18.0 Å². The van der Waals surface area contributed by atoms with E-state index in [2.05, 4.69) is 10.1 Å². The molecule has 120 valence electrons. The third kappa shape index (κ3) is 2.86. The molecule has 6 nitrogen and oxygen atoms in total. The first-order valence-corrected chi connectivity index (χ1v) is 8.10. The van der Waals surface area contributed by atoms with Crippen LogP contribution in [-0.4, -0.2) is 40.6 Å². The van der Waals surface area contributed by atoms with Crippen molar-refractivity contribution >= 4 is 5.91 Å². The molecule has 0 bridgehead atoms. The zero-order chi connectivity index (χ0) is 15.6. The molecule has 1 aliphatic carbocycles. The molecule has 0 spiro atoms. The Kier molecular flexibility index (Phi) is 3.83. The molecule has 2 fully saturated rings. The minimum Gasteiger partial charge on any atom is -0.366 e. The van der Waals surface area contributed by atoms with Crippen LogP contribution in [0.4, 0.5) is 0 Å². The number of aromatic nitrogens is 2. The van der Waals surface area contributed by atoms with Crippen LogP contribution in [0.5, 0.6) is 0 Å². The molecule has 1 aliphatic heterocycles. The number of nitrogens with zero attached hydrogens (tertiary/aromatic N) is 3. The molecule has 2 aliphatic rings. The van der Waals surface area contributed by atoms with Crippen molar-refractivity contribution in [2.45, 2.75) is 25.4 Å². The van der Waals surface area contributed by atoms with Crippen molar-refractivity contribution < 1.29 is 14.1 Å². The lowest BCUT2D eigenvalue weighted by atomic mass is 9.84. The van der Waals surface area contributed by atoms with Crippen molar-refractivity contribution in [3.63, 3.8) is 0 Å². The molecule has 2 aromatic rings. The van der Waals surface area contributed by atoms with Gasteiger partial charge >= 0.3 is 0 Å². The van der Waals surface area contributed by atoms with Crippen LogP contribution >= 0.6 is 0 Å². The third-order valence-electron chi connectivity index (χ3n) is 4.58. The molecule has 6 heteroatoms. The van der Waals surface area contributed by atoms with E-state index in [9.17, 15) is 4.79 Å². The van der Waals surface area contributed by atoms with Gasteiger partial charge in [-0.3, -0.25) is 4.79 Å². The Hall–Kier alpha value is -2.21. The van der Waals surface area contributed by atoms with Gasteiger partial charge in [0.1, 0.15) is 6.10 Å². The first-order valence-electron chi connectivity index (χ1n) is 8.10. The number of morpholine rings is 1. The second-order valence-corrected chi connectivity index (χ2v) is 6.10. The highest BCUT2D eigenvalue weighted by Gasteiger charge is 2.34. The van der Waals surface area contributed by atoms with Gasteiger partial charge < -0.3 is 14.2 Å². The van der Waals surface area contributed by atoms with Crippen molar-refractivity contribution in [2.75, 3.05) is 19.7 Å². The Morgan fingerprint density at radius 2 is 2.04 bits per heavy atom. The van der Waals surface area contributed by atoms with Gasteiger partial charge in [-0.1, -0.05) is 29.8 Å². The van der Waals surface area contributed by atoms with Gasteiger partial charge in [0.2, 0.25) is 11.7 Å². The van der Waals surface area contributed by atoms with Gasteiger partial charge in [0.25, 0.3) is 5.89 Å². The van der Waals surface area contributed by atoms with Crippen LogP contribution in [0.3, 0.4) is 0 Å². The summed E-state index contributed by atoms with van der Waals surface area (Å²) in [5.74, 6) is 1.44. The zero-order valence-corrected chi connectivity index (χ0v) is 12.9. The van der Waals surface area contributed by atoms with E-state index in [0.717, 1.165) is 24.8 Å². The maximum Gasteiger partial charge on any atom is 0.258 e. The number of carbonyl (C=O) groups excluding carboxylic acids is 1. The highest BCUT2D eigenvalue weighted by atomic mass is 16.5. The second kappa shape index (κ2) is 6.12. The molecule has 1 saturated carbocycles. The van der Waals surface area contributed by atoms with Crippen LogP contribution in [0.2, 0.25) is 0 Å². The summed E-state index contributed by atoms with van der Waals surface area (Å²) < 4.78 is 11.1. The maximum atomic E-state index is 12.4. The molecule has 4 rings (SSSR count). The van der Waals surface area contributed by atoms with Gasteiger partial charge in [-0.15, -0.1) is 0 Å². The average Bonchev–Trinajstić information content (AvgIpc) is 3.04. The molecule has 1 amide bonds. The molecular formula is C17H19N3O3. The van der Waals surface area contributed by atoms with Crippen LogP contribution in [0.1, 0.15) is 31.2 Å². The molecular weight excluding hydrogens is 294 g/mol. The largest absolute Gasteiger partial charge is 0.366 e. The Balaban J connectivity index is 1.47. The predicted octanol–water partition coefficient (Wildman–Crippen LogP) is 2.44. The SMILES string of the molecule is O=C(C1CCC1)N1CCO[C@@H](c2noc(-c3ccccc3)n2)C1. The summed E-state index contributed by atoms with van der Waals surface area (Å²) in [4.78, 5) is 18.7. The fourth-order valence-corrected chi connectivity index (χ4v) is 2.98. The summed E-state index contributed by atoms with van der Waals surface area (Å²) in [7, 11) is 0. The molecule has 23 heavy (non-hydrogen) atoms. The lowest BCUT2D eigenvalue weighted by Gasteiger charge is -2.36. The van der Waals surface area contributed by atoms with E-state index in [1.807, 2.05) is 35.2 Å². The van der Waals surface area contributed by atoms with Crippen LogP contribution in [-0.2, 0) is 9.53 Å². The summed E-state index contributed by atoms with van der Waals surface area (Å²) in [6.45, 7) is 1.66. The Labute approximate surface area is 134 Å². The fraction of sp³-hybridized carbons (Fsp3) is 0.471. The van der Waals surface area contributed by atoms with Crippen molar-refractivity contribution in [2.24, 2.45) is 5.92 Å².